The molecule has 0 radical (unpaired) electrons. The van der Waals surface area contributed by atoms with Gasteiger partial charge in [0, 0.05) is 33.7 Å². The highest BCUT2D eigenvalue weighted by atomic mass is 16.2. The van der Waals surface area contributed by atoms with E-state index in [1.165, 1.54) is 12.8 Å². The monoisotopic (exact) mass is 309 g/mol. The van der Waals surface area contributed by atoms with E-state index in [-0.39, 0.29) is 23.8 Å². The van der Waals surface area contributed by atoms with Crippen molar-refractivity contribution in [3.8, 4) is 0 Å². The van der Waals surface area contributed by atoms with Crippen molar-refractivity contribution in [1.82, 2.24) is 14.7 Å². The van der Waals surface area contributed by atoms with E-state index in [0.29, 0.717) is 0 Å². The Labute approximate surface area is 134 Å². The summed E-state index contributed by atoms with van der Waals surface area (Å²) in [5.74, 6) is 0.488. The first kappa shape index (κ1) is 17.3. The van der Waals surface area contributed by atoms with Crippen molar-refractivity contribution in [3.63, 3.8) is 0 Å². The Bertz CT molecular complexity index is 389. The summed E-state index contributed by atoms with van der Waals surface area (Å²) in [5, 5.41) is 0. The average Bonchev–Trinajstić information content (AvgIpc) is 2.82. The lowest BCUT2D eigenvalue weighted by Crippen LogP contribution is -2.52. The van der Waals surface area contributed by atoms with Gasteiger partial charge in [0.25, 0.3) is 0 Å². The van der Waals surface area contributed by atoms with Gasteiger partial charge in [0.05, 0.1) is 12.0 Å². The van der Waals surface area contributed by atoms with E-state index in [9.17, 15) is 9.59 Å². The first-order valence-electron chi connectivity index (χ1n) is 8.74. The Morgan fingerprint density at radius 2 is 1.64 bits per heavy atom. The van der Waals surface area contributed by atoms with Gasteiger partial charge in [-0.15, -0.1) is 0 Å². The highest BCUT2D eigenvalue weighted by molar-refractivity contribution is 5.82. The minimum Gasteiger partial charge on any atom is -0.349 e. The summed E-state index contributed by atoms with van der Waals surface area (Å²) >= 11 is 0. The van der Waals surface area contributed by atoms with E-state index >= 15 is 0 Å². The summed E-state index contributed by atoms with van der Waals surface area (Å²) in [5.41, 5.74) is 0. The molecule has 0 aliphatic carbocycles. The summed E-state index contributed by atoms with van der Waals surface area (Å²) in [7, 11) is 3.63. The van der Waals surface area contributed by atoms with Crippen molar-refractivity contribution >= 4 is 11.8 Å². The highest BCUT2D eigenvalue weighted by Gasteiger charge is 2.33. The molecule has 5 heteroatoms. The van der Waals surface area contributed by atoms with Gasteiger partial charge in [0.2, 0.25) is 11.8 Å². The Kier molecular flexibility index (Phi) is 6.24. The van der Waals surface area contributed by atoms with E-state index in [0.717, 1.165) is 51.9 Å². The van der Waals surface area contributed by atoms with Crippen molar-refractivity contribution in [2.24, 2.45) is 5.92 Å². The minimum atomic E-state index is -0.101. The van der Waals surface area contributed by atoms with Gasteiger partial charge < -0.3 is 9.80 Å². The third-order valence-electron chi connectivity index (χ3n) is 5.07. The zero-order valence-corrected chi connectivity index (χ0v) is 14.4. The number of hydrogen-bond acceptors (Lipinski definition) is 3. The summed E-state index contributed by atoms with van der Waals surface area (Å²) in [6, 6.07) is -0.101. The number of piperidine rings is 1. The van der Waals surface area contributed by atoms with Crippen LogP contribution in [-0.2, 0) is 9.59 Å². The summed E-state index contributed by atoms with van der Waals surface area (Å²) in [6.45, 7) is 5.46. The molecular weight excluding hydrogens is 278 g/mol. The second-order valence-corrected chi connectivity index (χ2v) is 6.98. The van der Waals surface area contributed by atoms with Gasteiger partial charge in [-0.05, 0) is 39.2 Å². The van der Waals surface area contributed by atoms with Crippen LogP contribution in [0.15, 0.2) is 0 Å². The molecule has 2 aliphatic rings. The summed E-state index contributed by atoms with van der Waals surface area (Å²) in [6.07, 6.45) is 6.67. The fourth-order valence-electron chi connectivity index (χ4n) is 3.64. The molecule has 0 spiro atoms. The number of hydrogen-bond donors (Lipinski definition) is 0. The first-order chi connectivity index (χ1) is 10.5. The highest BCUT2D eigenvalue weighted by Crippen LogP contribution is 2.21. The maximum absolute atomic E-state index is 12.7. The smallest absolute Gasteiger partial charge is 0.239 e. The molecule has 5 nitrogen and oxygen atoms in total. The number of carbonyl (C=O) groups is 2. The topological polar surface area (TPSA) is 43.9 Å². The van der Waals surface area contributed by atoms with E-state index < -0.39 is 0 Å². The maximum Gasteiger partial charge on any atom is 0.239 e. The van der Waals surface area contributed by atoms with Gasteiger partial charge in [-0.25, -0.2) is 0 Å². The molecule has 2 unspecified atom stereocenters. The molecule has 0 aromatic rings. The van der Waals surface area contributed by atoms with Crippen LogP contribution < -0.4 is 0 Å². The number of likely N-dealkylation sites (tertiary alicyclic amines) is 2. The lowest BCUT2D eigenvalue weighted by Gasteiger charge is -2.38. The number of carbonyl (C=O) groups excluding carboxylic acids is 2. The predicted molar refractivity (Wildman–Crippen MR) is 87.5 cm³/mol. The van der Waals surface area contributed by atoms with Crippen LogP contribution in [0.4, 0.5) is 0 Å². The Balaban J connectivity index is 1.94. The fraction of sp³-hybridized carbons (Fsp3) is 0.882. The van der Waals surface area contributed by atoms with Crippen LogP contribution in [0.25, 0.3) is 0 Å². The van der Waals surface area contributed by atoms with Crippen molar-refractivity contribution < 1.29 is 9.59 Å². The molecule has 0 aromatic heterocycles. The number of amides is 2. The van der Waals surface area contributed by atoms with Crippen molar-refractivity contribution in [2.75, 3.05) is 40.3 Å². The molecular formula is C17H31N3O2. The first-order valence-corrected chi connectivity index (χ1v) is 8.74. The Morgan fingerprint density at radius 3 is 2.23 bits per heavy atom. The van der Waals surface area contributed by atoms with Gasteiger partial charge in [-0.3, -0.25) is 14.5 Å². The molecule has 2 rings (SSSR count). The largest absolute Gasteiger partial charge is 0.349 e. The van der Waals surface area contributed by atoms with Crippen LogP contribution in [0.5, 0.6) is 0 Å². The molecule has 0 bridgehead atoms. The zero-order chi connectivity index (χ0) is 16.1. The number of nitrogens with zero attached hydrogens (tertiary/aromatic N) is 3. The van der Waals surface area contributed by atoms with E-state index in [4.69, 9.17) is 0 Å². The third kappa shape index (κ3) is 4.22. The van der Waals surface area contributed by atoms with Crippen LogP contribution in [0.1, 0.15) is 45.4 Å². The zero-order valence-electron chi connectivity index (χ0n) is 14.4. The molecule has 0 aromatic carbocycles. The summed E-state index contributed by atoms with van der Waals surface area (Å²) in [4.78, 5) is 30.9. The van der Waals surface area contributed by atoms with Crippen LogP contribution in [0.2, 0.25) is 0 Å². The molecule has 2 fully saturated rings. The van der Waals surface area contributed by atoms with Crippen LogP contribution in [0.3, 0.4) is 0 Å². The molecule has 0 N–H and O–H groups in total. The predicted octanol–water partition coefficient (Wildman–Crippen LogP) is 1.58. The third-order valence-corrected chi connectivity index (χ3v) is 5.07. The molecule has 2 atom stereocenters. The maximum atomic E-state index is 12.7. The van der Waals surface area contributed by atoms with Gasteiger partial charge in [0.1, 0.15) is 0 Å². The lowest BCUT2D eigenvalue weighted by atomic mass is 9.95. The van der Waals surface area contributed by atoms with E-state index in [1.807, 2.05) is 25.9 Å². The Morgan fingerprint density at radius 1 is 1.00 bits per heavy atom. The van der Waals surface area contributed by atoms with Crippen molar-refractivity contribution in [3.05, 3.63) is 0 Å². The average molecular weight is 309 g/mol. The molecule has 2 saturated heterocycles. The molecule has 126 valence electrons. The molecule has 22 heavy (non-hydrogen) atoms. The van der Waals surface area contributed by atoms with E-state index in [1.54, 1.807) is 4.90 Å². The van der Waals surface area contributed by atoms with Crippen molar-refractivity contribution in [2.45, 2.75) is 51.5 Å². The minimum absolute atomic E-state index is 0.0446. The molecule has 2 aliphatic heterocycles. The second-order valence-electron chi connectivity index (χ2n) is 6.98. The quantitative estimate of drug-likeness (QED) is 0.795. The fourth-order valence-corrected chi connectivity index (χ4v) is 3.64. The van der Waals surface area contributed by atoms with Crippen LogP contribution in [0, 0.1) is 5.92 Å². The van der Waals surface area contributed by atoms with E-state index in [2.05, 4.69) is 4.90 Å². The van der Waals surface area contributed by atoms with Gasteiger partial charge >= 0.3 is 0 Å². The lowest BCUT2D eigenvalue weighted by molar-refractivity contribution is -0.140. The number of rotatable bonds is 3. The normalized spacial score (nSPS) is 25.4. The van der Waals surface area contributed by atoms with Gasteiger partial charge in [0.15, 0.2) is 0 Å². The molecule has 0 saturated carbocycles. The Hall–Kier alpha value is -1.10. The summed E-state index contributed by atoms with van der Waals surface area (Å²) < 4.78 is 0. The SMILES string of the molecule is CC(C(=O)N1CCCCCC1)N1CCCC(C(=O)N(C)C)C1. The van der Waals surface area contributed by atoms with Gasteiger partial charge in [-0.2, -0.15) is 0 Å². The van der Waals surface area contributed by atoms with Crippen LogP contribution in [-0.4, -0.2) is 72.8 Å². The van der Waals surface area contributed by atoms with Crippen LogP contribution >= 0.6 is 0 Å². The second kappa shape index (κ2) is 7.95. The van der Waals surface area contributed by atoms with Crippen molar-refractivity contribution in [1.29, 1.82) is 0 Å². The van der Waals surface area contributed by atoms with Gasteiger partial charge in [-0.1, -0.05) is 12.8 Å². The molecule has 2 amide bonds. The standard InChI is InChI=1S/C17H31N3O2/c1-14(16(21)19-10-6-4-5-7-11-19)20-12-8-9-15(13-20)17(22)18(2)3/h14-15H,4-13H2,1-3H3. The molecule has 2 heterocycles.